The molecule has 1 aromatic heterocycles. The van der Waals surface area contributed by atoms with Crippen LogP contribution in [0.4, 0.5) is 0 Å². The van der Waals surface area contributed by atoms with Crippen molar-refractivity contribution in [1.29, 1.82) is 0 Å². The Morgan fingerprint density at radius 3 is 2.83 bits per heavy atom. The third-order valence-electron chi connectivity index (χ3n) is 3.80. The minimum Gasteiger partial charge on any atom is -0.469 e. The largest absolute Gasteiger partial charge is 0.469 e. The van der Waals surface area contributed by atoms with Crippen molar-refractivity contribution in [3.8, 4) is 0 Å². The van der Waals surface area contributed by atoms with Crippen molar-refractivity contribution in [2.45, 2.75) is 46.0 Å². The van der Waals surface area contributed by atoms with Crippen LogP contribution in [0.1, 0.15) is 42.8 Å². The maximum atomic E-state index is 11.7. The van der Waals surface area contributed by atoms with Gasteiger partial charge in [0.1, 0.15) is 0 Å². The van der Waals surface area contributed by atoms with Crippen LogP contribution in [0.3, 0.4) is 0 Å². The number of hydrogen-bond donors (Lipinski definition) is 0. The number of carbonyl (C=O) groups is 1. The van der Waals surface area contributed by atoms with Crippen LogP contribution < -0.4 is 0 Å². The van der Waals surface area contributed by atoms with Crippen molar-refractivity contribution in [3.05, 3.63) is 28.6 Å². The number of ether oxygens (including phenoxy) is 1. The average Bonchev–Trinajstić information content (AvgIpc) is 2.44. The fourth-order valence-corrected chi connectivity index (χ4v) is 2.74. The van der Waals surface area contributed by atoms with E-state index in [2.05, 4.69) is 19.9 Å². The molecule has 0 bridgehead atoms. The molecule has 0 aromatic carbocycles. The van der Waals surface area contributed by atoms with Crippen LogP contribution in [0, 0.1) is 5.92 Å². The van der Waals surface area contributed by atoms with Crippen LogP contribution in [0.2, 0.25) is 0 Å². The molecule has 18 heavy (non-hydrogen) atoms. The van der Waals surface area contributed by atoms with E-state index in [1.807, 2.05) is 0 Å². The topological polar surface area (TPSA) is 39.2 Å². The predicted molar refractivity (Wildman–Crippen MR) is 70.5 cm³/mol. The molecule has 0 aliphatic heterocycles. The summed E-state index contributed by atoms with van der Waals surface area (Å²) in [7, 11) is 1.47. The van der Waals surface area contributed by atoms with Crippen LogP contribution in [0.5, 0.6) is 0 Å². The van der Waals surface area contributed by atoms with Gasteiger partial charge in [0.15, 0.2) is 0 Å². The lowest BCUT2D eigenvalue weighted by molar-refractivity contribution is -0.145. The SMILES string of the molecule is CCc1cc2c(c(CC)n1)CC(C(=O)OC)CC2. The normalized spacial score (nSPS) is 18.3. The first-order valence-electron chi connectivity index (χ1n) is 6.77. The van der Waals surface area contributed by atoms with Crippen LogP contribution in [0.15, 0.2) is 6.07 Å². The van der Waals surface area contributed by atoms with Gasteiger partial charge in [-0.05, 0) is 49.3 Å². The van der Waals surface area contributed by atoms with E-state index in [1.54, 1.807) is 0 Å². The smallest absolute Gasteiger partial charge is 0.309 e. The van der Waals surface area contributed by atoms with E-state index in [9.17, 15) is 4.79 Å². The Kier molecular flexibility index (Phi) is 4.00. The van der Waals surface area contributed by atoms with Crippen molar-refractivity contribution < 1.29 is 9.53 Å². The molecule has 1 aromatic rings. The molecule has 3 heteroatoms. The first kappa shape index (κ1) is 13.1. The third-order valence-corrected chi connectivity index (χ3v) is 3.80. The average molecular weight is 247 g/mol. The zero-order chi connectivity index (χ0) is 13.1. The van der Waals surface area contributed by atoms with Crippen LogP contribution in [-0.2, 0) is 35.2 Å². The number of esters is 1. The Morgan fingerprint density at radius 1 is 1.44 bits per heavy atom. The summed E-state index contributed by atoms with van der Waals surface area (Å²) in [6.07, 6.45) is 4.57. The lowest BCUT2D eigenvalue weighted by Gasteiger charge is -2.25. The molecule has 1 heterocycles. The molecule has 0 fully saturated rings. The second-order valence-corrected chi connectivity index (χ2v) is 4.87. The lowest BCUT2D eigenvalue weighted by Crippen LogP contribution is -2.25. The Labute approximate surface area is 109 Å². The molecule has 1 aliphatic rings. The highest BCUT2D eigenvalue weighted by molar-refractivity contribution is 5.73. The molecule has 1 aliphatic carbocycles. The predicted octanol–water partition coefficient (Wildman–Crippen LogP) is 2.48. The zero-order valence-corrected chi connectivity index (χ0v) is 11.5. The van der Waals surface area contributed by atoms with Gasteiger partial charge in [0.2, 0.25) is 0 Å². The molecule has 0 amide bonds. The molecule has 2 rings (SSSR count). The summed E-state index contributed by atoms with van der Waals surface area (Å²) in [6, 6.07) is 2.21. The summed E-state index contributed by atoms with van der Waals surface area (Å²) in [5, 5.41) is 0. The van der Waals surface area contributed by atoms with E-state index >= 15 is 0 Å². The van der Waals surface area contributed by atoms with Gasteiger partial charge in [-0.25, -0.2) is 0 Å². The second kappa shape index (κ2) is 5.51. The highest BCUT2D eigenvalue weighted by Crippen LogP contribution is 2.29. The van der Waals surface area contributed by atoms with Crippen molar-refractivity contribution in [3.63, 3.8) is 0 Å². The van der Waals surface area contributed by atoms with Crippen LogP contribution in [-0.4, -0.2) is 18.1 Å². The molecule has 0 saturated heterocycles. The van der Waals surface area contributed by atoms with E-state index < -0.39 is 0 Å². The maximum absolute atomic E-state index is 11.7. The highest BCUT2D eigenvalue weighted by Gasteiger charge is 2.27. The summed E-state index contributed by atoms with van der Waals surface area (Å²) >= 11 is 0. The molecular formula is C15H21NO2. The van der Waals surface area contributed by atoms with E-state index in [0.717, 1.165) is 37.8 Å². The number of nitrogens with zero attached hydrogens (tertiary/aromatic N) is 1. The number of methoxy groups -OCH3 is 1. The monoisotopic (exact) mass is 247 g/mol. The quantitative estimate of drug-likeness (QED) is 0.770. The molecule has 1 atom stereocenters. The number of aryl methyl sites for hydroxylation is 3. The van der Waals surface area contributed by atoms with E-state index in [4.69, 9.17) is 9.72 Å². The standard InChI is InChI=1S/C15H21NO2/c1-4-12-8-10-6-7-11(15(17)18-3)9-13(10)14(5-2)16-12/h8,11H,4-7,9H2,1-3H3. The summed E-state index contributed by atoms with van der Waals surface area (Å²) in [6.45, 7) is 4.26. The Hall–Kier alpha value is -1.38. The summed E-state index contributed by atoms with van der Waals surface area (Å²) < 4.78 is 4.86. The van der Waals surface area contributed by atoms with Crippen molar-refractivity contribution in [2.75, 3.05) is 7.11 Å². The summed E-state index contributed by atoms with van der Waals surface area (Å²) in [5.74, 6) is -0.0654. The number of pyridine rings is 1. The lowest BCUT2D eigenvalue weighted by atomic mass is 9.82. The zero-order valence-electron chi connectivity index (χ0n) is 11.5. The van der Waals surface area contributed by atoms with Gasteiger partial charge in [0.25, 0.3) is 0 Å². The minimum atomic E-state index is -0.0812. The number of aromatic nitrogens is 1. The van der Waals surface area contributed by atoms with E-state index in [1.165, 1.54) is 23.9 Å². The summed E-state index contributed by atoms with van der Waals surface area (Å²) in [5.41, 5.74) is 5.01. The van der Waals surface area contributed by atoms with Gasteiger partial charge in [-0.2, -0.15) is 0 Å². The number of carbonyl (C=O) groups excluding carboxylic acids is 1. The number of rotatable bonds is 3. The van der Waals surface area contributed by atoms with Crippen LogP contribution >= 0.6 is 0 Å². The first-order chi connectivity index (χ1) is 8.69. The summed E-state index contributed by atoms with van der Waals surface area (Å²) in [4.78, 5) is 16.3. The van der Waals surface area contributed by atoms with Crippen LogP contribution in [0.25, 0.3) is 0 Å². The maximum Gasteiger partial charge on any atom is 0.309 e. The molecule has 0 radical (unpaired) electrons. The van der Waals surface area contributed by atoms with Crippen molar-refractivity contribution >= 4 is 5.97 Å². The fraction of sp³-hybridized carbons (Fsp3) is 0.600. The Bertz CT molecular complexity index is 437. The third kappa shape index (κ3) is 2.40. The molecular weight excluding hydrogens is 226 g/mol. The molecule has 0 spiro atoms. The van der Waals surface area contributed by atoms with Gasteiger partial charge < -0.3 is 4.74 Å². The fourth-order valence-electron chi connectivity index (χ4n) is 2.74. The van der Waals surface area contributed by atoms with Crippen molar-refractivity contribution in [1.82, 2.24) is 4.98 Å². The van der Waals surface area contributed by atoms with Crippen molar-refractivity contribution in [2.24, 2.45) is 5.92 Å². The van der Waals surface area contributed by atoms with Gasteiger partial charge in [0.05, 0.1) is 13.0 Å². The highest BCUT2D eigenvalue weighted by atomic mass is 16.5. The Morgan fingerprint density at radius 2 is 2.22 bits per heavy atom. The van der Waals surface area contributed by atoms with Gasteiger partial charge in [-0.3, -0.25) is 9.78 Å². The number of fused-ring (bicyclic) bond motifs is 1. The van der Waals surface area contributed by atoms with Gasteiger partial charge in [-0.1, -0.05) is 13.8 Å². The first-order valence-corrected chi connectivity index (χ1v) is 6.77. The molecule has 3 nitrogen and oxygen atoms in total. The minimum absolute atomic E-state index is 0.0158. The second-order valence-electron chi connectivity index (χ2n) is 4.87. The van der Waals surface area contributed by atoms with Gasteiger partial charge in [-0.15, -0.1) is 0 Å². The molecule has 0 saturated carbocycles. The van der Waals surface area contributed by atoms with Gasteiger partial charge >= 0.3 is 5.97 Å². The van der Waals surface area contributed by atoms with Gasteiger partial charge in [0, 0.05) is 11.4 Å². The molecule has 98 valence electrons. The van der Waals surface area contributed by atoms with E-state index in [-0.39, 0.29) is 11.9 Å². The van der Waals surface area contributed by atoms with E-state index in [0.29, 0.717) is 0 Å². The molecule has 0 N–H and O–H groups in total. The Balaban J connectivity index is 2.33. The number of hydrogen-bond acceptors (Lipinski definition) is 3. The molecule has 1 unspecified atom stereocenters.